The van der Waals surface area contributed by atoms with E-state index in [2.05, 4.69) is 0 Å². The van der Waals surface area contributed by atoms with Crippen molar-refractivity contribution in [2.24, 2.45) is 11.7 Å². The van der Waals surface area contributed by atoms with E-state index in [1.165, 1.54) is 0 Å². The van der Waals surface area contributed by atoms with E-state index in [-0.39, 0.29) is 17.8 Å². The Hall–Kier alpha value is -0.130. The van der Waals surface area contributed by atoms with E-state index >= 15 is 0 Å². The zero-order valence-electron chi connectivity index (χ0n) is 8.52. The first-order chi connectivity index (χ1) is 6.54. The lowest BCUT2D eigenvalue weighted by Gasteiger charge is -2.30. The summed E-state index contributed by atoms with van der Waals surface area (Å²) < 4.78 is 25.3. The number of hydrogen-bond acceptors (Lipinski definition) is 3. The van der Waals surface area contributed by atoms with Crippen LogP contribution in [0.5, 0.6) is 0 Å². The molecule has 1 saturated carbocycles. The molecule has 2 fully saturated rings. The first-order valence-electron chi connectivity index (χ1n) is 5.29. The summed E-state index contributed by atoms with van der Waals surface area (Å²) in [5, 5.41) is 0. The van der Waals surface area contributed by atoms with Crippen LogP contribution in [0, 0.1) is 5.92 Å². The van der Waals surface area contributed by atoms with Crippen LogP contribution in [-0.2, 0) is 10.0 Å². The van der Waals surface area contributed by atoms with Crippen LogP contribution >= 0.6 is 0 Å². The van der Waals surface area contributed by atoms with E-state index < -0.39 is 10.0 Å². The maximum Gasteiger partial charge on any atom is 0.214 e. The van der Waals surface area contributed by atoms with Crippen molar-refractivity contribution in [1.82, 2.24) is 4.31 Å². The van der Waals surface area contributed by atoms with E-state index in [9.17, 15) is 8.42 Å². The molecule has 0 aromatic rings. The van der Waals surface area contributed by atoms with Crippen molar-refractivity contribution >= 4 is 10.0 Å². The minimum absolute atomic E-state index is 0.0698. The molecule has 5 heteroatoms. The summed E-state index contributed by atoms with van der Waals surface area (Å²) in [6.45, 7) is 2.60. The zero-order chi connectivity index (χ0) is 10.3. The van der Waals surface area contributed by atoms with Crippen molar-refractivity contribution < 1.29 is 8.42 Å². The highest BCUT2D eigenvalue weighted by Crippen LogP contribution is 2.38. The van der Waals surface area contributed by atoms with Gasteiger partial charge in [-0.25, -0.2) is 8.42 Å². The van der Waals surface area contributed by atoms with Crippen LogP contribution in [0.15, 0.2) is 0 Å². The zero-order valence-corrected chi connectivity index (χ0v) is 9.33. The smallest absolute Gasteiger partial charge is 0.214 e. The third-order valence-corrected chi connectivity index (χ3v) is 5.36. The van der Waals surface area contributed by atoms with Crippen LogP contribution in [0.25, 0.3) is 0 Å². The van der Waals surface area contributed by atoms with Crippen molar-refractivity contribution in [3.63, 3.8) is 0 Å². The van der Waals surface area contributed by atoms with Gasteiger partial charge in [0, 0.05) is 18.6 Å². The van der Waals surface area contributed by atoms with E-state index in [0.717, 1.165) is 12.8 Å². The number of rotatable bonds is 3. The molecule has 0 amide bonds. The molecule has 2 aliphatic rings. The van der Waals surface area contributed by atoms with Crippen molar-refractivity contribution in [2.45, 2.75) is 38.3 Å². The van der Waals surface area contributed by atoms with E-state index in [1.54, 1.807) is 4.31 Å². The van der Waals surface area contributed by atoms with Gasteiger partial charge in [-0.3, -0.25) is 0 Å². The molecule has 2 rings (SSSR count). The molecule has 0 aromatic carbocycles. The summed E-state index contributed by atoms with van der Waals surface area (Å²) in [6, 6.07) is 0.164. The average Bonchev–Trinajstić information content (AvgIpc) is 2.61. The standard InChI is InChI=1S/C9H18N2O2S/c1-2-3-14(12,13)11-6-7-4-8(10)9(11)5-7/h7-9H,2-6,10H2,1H3. The predicted molar refractivity (Wildman–Crippen MR) is 55.3 cm³/mol. The van der Waals surface area contributed by atoms with E-state index in [1.807, 2.05) is 6.92 Å². The number of piperidine rings is 1. The highest BCUT2D eigenvalue weighted by molar-refractivity contribution is 7.89. The lowest BCUT2D eigenvalue weighted by Crippen LogP contribution is -2.48. The van der Waals surface area contributed by atoms with Gasteiger partial charge >= 0.3 is 0 Å². The van der Waals surface area contributed by atoms with Crippen LogP contribution in [-0.4, -0.2) is 37.1 Å². The minimum atomic E-state index is -3.02. The highest BCUT2D eigenvalue weighted by atomic mass is 32.2. The van der Waals surface area contributed by atoms with Gasteiger partial charge in [-0.05, 0) is 25.2 Å². The van der Waals surface area contributed by atoms with Gasteiger partial charge in [-0.15, -0.1) is 0 Å². The Bertz CT molecular complexity index is 315. The normalized spacial score (nSPS) is 38.0. The summed E-state index contributed by atoms with van der Waals surface area (Å²) in [7, 11) is -3.02. The van der Waals surface area contributed by atoms with Crippen LogP contribution in [0.3, 0.4) is 0 Å². The van der Waals surface area contributed by atoms with Gasteiger partial charge in [0.15, 0.2) is 0 Å². The Labute approximate surface area is 85.5 Å². The second-order valence-corrected chi connectivity index (χ2v) is 6.50. The number of hydrogen-bond donors (Lipinski definition) is 1. The van der Waals surface area contributed by atoms with Crippen LogP contribution < -0.4 is 5.73 Å². The molecule has 3 atom stereocenters. The SMILES string of the molecule is CCCS(=O)(=O)N1CC2CC(N)C1C2. The lowest BCUT2D eigenvalue weighted by molar-refractivity contribution is 0.302. The van der Waals surface area contributed by atoms with Crippen LogP contribution in [0.4, 0.5) is 0 Å². The van der Waals surface area contributed by atoms with E-state index in [4.69, 9.17) is 5.73 Å². The molecular formula is C9H18N2O2S. The van der Waals surface area contributed by atoms with Crippen LogP contribution in [0.1, 0.15) is 26.2 Å². The van der Waals surface area contributed by atoms with Gasteiger partial charge in [0.25, 0.3) is 0 Å². The molecule has 2 N–H and O–H groups in total. The Balaban J connectivity index is 2.14. The number of nitrogens with zero attached hydrogens (tertiary/aromatic N) is 1. The molecule has 1 heterocycles. The topological polar surface area (TPSA) is 63.4 Å². The molecule has 3 unspecified atom stereocenters. The van der Waals surface area contributed by atoms with Crippen molar-refractivity contribution in [2.75, 3.05) is 12.3 Å². The molecule has 1 aliphatic carbocycles. The van der Waals surface area contributed by atoms with E-state index in [0.29, 0.717) is 18.9 Å². The quantitative estimate of drug-likeness (QED) is 0.733. The van der Waals surface area contributed by atoms with Gasteiger partial charge in [0.1, 0.15) is 0 Å². The summed E-state index contributed by atoms with van der Waals surface area (Å²) in [5.74, 6) is 0.782. The van der Waals surface area contributed by atoms with Crippen molar-refractivity contribution in [1.29, 1.82) is 0 Å². The fraction of sp³-hybridized carbons (Fsp3) is 1.00. The van der Waals surface area contributed by atoms with Gasteiger partial charge in [-0.2, -0.15) is 4.31 Å². The Morgan fingerprint density at radius 1 is 1.43 bits per heavy atom. The molecule has 4 nitrogen and oxygen atoms in total. The Morgan fingerprint density at radius 3 is 2.64 bits per heavy atom. The fourth-order valence-electron chi connectivity index (χ4n) is 2.72. The van der Waals surface area contributed by atoms with Gasteiger partial charge < -0.3 is 5.73 Å². The molecule has 1 saturated heterocycles. The maximum absolute atomic E-state index is 11.8. The van der Waals surface area contributed by atoms with Crippen molar-refractivity contribution in [3.8, 4) is 0 Å². The predicted octanol–water partition coefficient (Wildman–Crippen LogP) is 0.148. The summed E-state index contributed by atoms with van der Waals surface area (Å²) in [5.41, 5.74) is 5.90. The van der Waals surface area contributed by atoms with Crippen LogP contribution in [0.2, 0.25) is 0 Å². The Morgan fingerprint density at radius 2 is 2.14 bits per heavy atom. The number of fused-ring (bicyclic) bond motifs is 2. The largest absolute Gasteiger partial charge is 0.326 e. The minimum Gasteiger partial charge on any atom is -0.326 e. The highest BCUT2D eigenvalue weighted by Gasteiger charge is 2.47. The van der Waals surface area contributed by atoms with Crippen molar-refractivity contribution in [3.05, 3.63) is 0 Å². The monoisotopic (exact) mass is 218 g/mol. The summed E-state index contributed by atoms with van der Waals surface area (Å²) in [4.78, 5) is 0. The third kappa shape index (κ3) is 1.57. The summed E-state index contributed by atoms with van der Waals surface area (Å²) >= 11 is 0. The third-order valence-electron chi connectivity index (χ3n) is 3.30. The number of sulfonamides is 1. The van der Waals surface area contributed by atoms with Gasteiger partial charge in [-0.1, -0.05) is 6.92 Å². The molecule has 0 spiro atoms. The molecule has 2 bridgehead atoms. The van der Waals surface area contributed by atoms with Gasteiger partial charge in [0.05, 0.1) is 5.75 Å². The lowest BCUT2D eigenvalue weighted by atomic mass is 10.1. The fourth-order valence-corrected chi connectivity index (χ4v) is 4.56. The first-order valence-corrected chi connectivity index (χ1v) is 6.90. The maximum atomic E-state index is 11.8. The second kappa shape index (κ2) is 3.47. The molecule has 0 aromatic heterocycles. The van der Waals surface area contributed by atoms with Gasteiger partial charge in [0.2, 0.25) is 10.0 Å². The Kier molecular flexibility index (Phi) is 2.57. The molecule has 0 radical (unpaired) electrons. The second-order valence-electron chi connectivity index (χ2n) is 4.45. The molecule has 82 valence electrons. The average molecular weight is 218 g/mol. The first kappa shape index (κ1) is 10.4. The number of nitrogens with two attached hydrogens (primary N) is 1. The molecule has 14 heavy (non-hydrogen) atoms. The molecular weight excluding hydrogens is 200 g/mol. The summed E-state index contributed by atoms with van der Waals surface area (Å²) in [6.07, 6.45) is 2.67. The molecule has 1 aliphatic heterocycles.